The Bertz CT molecular complexity index is 1210. The van der Waals surface area contributed by atoms with E-state index in [2.05, 4.69) is 10.6 Å². The van der Waals surface area contributed by atoms with Crippen LogP contribution in [0, 0.1) is 0 Å². The molecule has 11 nitrogen and oxygen atoms in total. The maximum atomic E-state index is 12.5. The lowest BCUT2D eigenvalue weighted by Gasteiger charge is -2.19. The van der Waals surface area contributed by atoms with Crippen molar-refractivity contribution in [3.05, 3.63) is 53.1 Å². The fourth-order valence-corrected chi connectivity index (χ4v) is 3.60. The van der Waals surface area contributed by atoms with Crippen LogP contribution in [0.1, 0.15) is 50.8 Å². The van der Waals surface area contributed by atoms with Gasteiger partial charge in [-0.3, -0.25) is 24.6 Å². The summed E-state index contributed by atoms with van der Waals surface area (Å²) >= 11 is 0. The van der Waals surface area contributed by atoms with E-state index < -0.39 is 36.3 Å². The lowest BCUT2D eigenvalue weighted by atomic mass is 10.1. The largest absolute Gasteiger partial charge is 0.486 e. The molecule has 0 radical (unpaired) electrons. The average molecular weight is 481 g/mol. The number of fused-ring (bicyclic) bond motifs is 2. The van der Waals surface area contributed by atoms with Crippen molar-refractivity contribution < 1.29 is 38.2 Å². The summed E-state index contributed by atoms with van der Waals surface area (Å²) < 4.78 is 15.8. The van der Waals surface area contributed by atoms with Crippen molar-refractivity contribution >= 4 is 35.4 Å². The van der Waals surface area contributed by atoms with Gasteiger partial charge in [-0.25, -0.2) is 9.59 Å². The maximum absolute atomic E-state index is 12.5. The molecule has 0 spiro atoms. The molecule has 0 bridgehead atoms. The van der Waals surface area contributed by atoms with E-state index >= 15 is 0 Å². The Hall–Kier alpha value is -4.41. The minimum Gasteiger partial charge on any atom is -0.486 e. The van der Waals surface area contributed by atoms with Crippen molar-refractivity contribution in [2.24, 2.45) is 0 Å². The van der Waals surface area contributed by atoms with Gasteiger partial charge in [-0.15, -0.1) is 0 Å². The number of hydrogen-bond donors (Lipinski definition) is 2. The SMILES string of the molecule is CCCCN1C(=O)c2ccc(C(=O)OCC(=O)NC(=O)Nc3ccc4c(c3)OCCO4)cc2C1=O. The smallest absolute Gasteiger partial charge is 0.338 e. The highest BCUT2D eigenvalue weighted by atomic mass is 16.6. The van der Waals surface area contributed by atoms with E-state index in [1.165, 1.54) is 18.2 Å². The van der Waals surface area contributed by atoms with Crippen LogP contribution in [0.15, 0.2) is 36.4 Å². The average Bonchev–Trinajstić information content (AvgIpc) is 3.09. The molecule has 0 saturated carbocycles. The minimum absolute atomic E-state index is 0.00997. The lowest BCUT2D eigenvalue weighted by molar-refractivity contribution is -0.123. The van der Waals surface area contributed by atoms with Gasteiger partial charge in [0.05, 0.1) is 16.7 Å². The summed E-state index contributed by atoms with van der Waals surface area (Å²) in [7, 11) is 0. The number of rotatable bonds is 7. The first-order valence-electron chi connectivity index (χ1n) is 11.0. The predicted octanol–water partition coefficient (Wildman–Crippen LogP) is 2.36. The summed E-state index contributed by atoms with van der Waals surface area (Å²) in [5.74, 6) is -1.58. The number of urea groups is 1. The van der Waals surface area contributed by atoms with Crippen LogP contribution in [-0.4, -0.2) is 61.0 Å². The number of unbranched alkanes of at least 4 members (excludes halogenated alkanes) is 1. The van der Waals surface area contributed by atoms with Gasteiger partial charge in [0, 0.05) is 18.3 Å². The van der Waals surface area contributed by atoms with Crippen LogP contribution in [0.25, 0.3) is 0 Å². The number of carbonyl (C=O) groups excluding carboxylic acids is 5. The second-order valence-corrected chi connectivity index (χ2v) is 7.81. The van der Waals surface area contributed by atoms with Crippen LogP contribution in [0.3, 0.4) is 0 Å². The highest BCUT2D eigenvalue weighted by molar-refractivity contribution is 6.22. The summed E-state index contributed by atoms with van der Waals surface area (Å²) in [4.78, 5) is 62.6. The molecule has 0 saturated heterocycles. The molecule has 4 rings (SSSR count). The van der Waals surface area contributed by atoms with Crippen LogP contribution in [-0.2, 0) is 9.53 Å². The first-order valence-corrected chi connectivity index (χ1v) is 11.0. The molecule has 2 heterocycles. The highest BCUT2D eigenvalue weighted by Crippen LogP contribution is 2.32. The van der Waals surface area contributed by atoms with E-state index in [-0.39, 0.29) is 16.7 Å². The van der Waals surface area contributed by atoms with E-state index in [9.17, 15) is 24.0 Å². The van der Waals surface area contributed by atoms with Crippen LogP contribution < -0.4 is 20.1 Å². The molecule has 182 valence electrons. The van der Waals surface area contributed by atoms with Gasteiger partial charge in [0.25, 0.3) is 17.7 Å². The number of benzene rings is 2. The molecule has 11 heteroatoms. The van der Waals surface area contributed by atoms with Gasteiger partial charge in [-0.1, -0.05) is 13.3 Å². The van der Waals surface area contributed by atoms with E-state index in [0.29, 0.717) is 43.4 Å². The molecule has 35 heavy (non-hydrogen) atoms. The van der Waals surface area contributed by atoms with Crippen LogP contribution in [0.2, 0.25) is 0 Å². The van der Waals surface area contributed by atoms with Gasteiger partial charge in [0.15, 0.2) is 18.1 Å². The van der Waals surface area contributed by atoms with Crippen LogP contribution in [0.5, 0.6) is 11.5 Å². The molecule has 0 unspecified atom stereocenters. The molecule has 2 N–H and O–H groups in total. The summed E-state index contributed by atoms with van der Waals surface area (Å²) in [6, 6.07) is 7.96. The fourth-order valence-electron chi connectivity index (χ4n) is 3.60. The fraction of sp³-hybridized carbons (Fsp3) is 0.292. The number of carbonyl (C=O) groups is 5. The third-order valence-electron chi connectivity index (χ3n) is 5.33. The highest BCUT2D eigenvalue weighted by Gasteiger charge is 2.35. The first-order chi connectivity index (χ1) is 16.9. The normalized spacial score (nSPS) is 13.8. The molecule has 0 atom stereocenters. The van der Waals surface area contributed by atoms with Crippen LogP contribution in [0.4, 0.5) is 10.5 Å². The zero-order chi connectivity index (χ0) is 24.9. The van der Waals surface area contributed by atoms with Gasteiger partial charge in [-0.2, -0.15) is 0 Å². The molecule has 2 aromatic carbocycles. The zero-order valence-electron chi connectivity index (χ0n) is 18.9. The number of hydrogen-bond acceptors (Lipinski definition) is 8. The van der Waals surface area contributed by atoms with Crippen molar-refractivity contribution in [1.29, 1.82) is 0 Å². The Labute approximate surface area is 200 Å². The number of nitrogens with zero attached hydrogens (tertiary/aromatic N) is 1. The van der Waals surface area contributed by atoms with Gasteiger partial charge in [0.2, 0.25) is 0 Å². The van der Waals surface area contributed by atoms with Crippen molar-refractivity contribution in [3.63, 3.8) is 0 Å². The van der Waals surface area contributed by atoms with Crippen molar-refractivity contribution in [1.82, 2.24) is 10.2 Å². The number of nitrogens with one attached hydrogen (secondary N) is 2. The van der Waals surface area contributed by atoms with Gasteiger partial charge in [-0.05, 0) is 36.8 Å². The molecular formula is C24H23N3O8. The Balaban J connectivity index is 1.29. The topological polar surface area (TPSA) is 140 Å². The Kier molecular flexibility index (Phi) is 6.95. The molecule has 2 aliphatic heterocycles. The zero-order valence-corrected chi connectivity index (χ0v) is 18.9. The van der Waals surface area contributed by atoms with Crippen molar-refractivity contribution in [2.75, 3.05) is 31.7 Å². The first kappa shape index (κ1) is 23.7. The van der Waals surface area contributed by atoms with E-state index in [4.69, 9.17) is 14.2 Å². The Morgan fingerprint density at radius 2 is 1.71 bits per heavy atom. The van der Waals surface area contributed by atoms with Gasteiger partial charge < -0.3 is 19.5 Å². The van der Waals surface area contributed by atoms with E-state index in [1.54, 1.807) is 18.2 Å². The second-order valence-electron chi connectivity index (χ2n) is 7.81. The lowest BCUT2D eigenvalue weighted by Crippen LogP contribution is -2.37. The molecule has 0 aliphatic carbocycles. The van der Waals surface area contributed by atoms with Gasteiger partial charge in [0.1, 0.15) is 13.2 Å². The Morgan fingerprint density at radius 3 is 2.49 bits per heavy atom. The summed E-state index contributed by atoms with van der Waals surface area (Å²) in [5.41, 5.74) is 0.720. The maximum Gasteiger partial charge on any atom is 0.338 e. The molecule has 2 aromatic rings. The summed E-state index contributed by atoms with van der Waals surface area (Å²) in [6.07, 6.45) is 1.50. The number of esters is 1. The monoisotopic (exact) mass is 481 g/mol. The summed E-state index contributed by atoms with van der Waals surface area (Å²) in [5, 5.41) is 4.53. The molecule has 2 aliphatic rings. The number of imide groups is 2. The summed E-state index contributed by atoms with van der Waals surface area (Å²) in [6.45, 7) is 2.35. The van der Waals surface area contributed by atoms with E-state index in [1.807, 2.05) is 6.92 Å². The second kappa shape index (κ2) is 10.2. The van der Waals surface area contributed by atoms with Gasteiger partial charge >= 0.3 is 12.0 Å². The van der Waals surface area contributed by atoms with Crippen molar-refractivity contribution in [3.8, 4) is 11.5 Å². The van der Waals surface area contributed by atoms with Crippen LogP contribution >= 0.6 is 0 Å². The predicted molar refractivity (Wildman–Crippen MR) is 122 cm³/mol. The Morgan fingerprint density at radius 1 is 0.971 bits per heavy atom. The molecule has 0 fully saturated rings. The van der Waals surface area contributed by atoms with E-state index in [0.717, 1.165) is 11.3 Å². The number of amides is 5. The number of ether oxygens (including phenoxy) is 3. The molecule has 5 amide bonds. The standard InChI is InChI=1S/C24H23N3O8/c1-2-3-8-27-21(29)16-6-4-14(11-17(16)22(27)30)23(31)35-13-20(28)26-24(32)25-15-5-7-18-19(12-15)34-10-9-33-18/h4-7,11-12H,2-3,8-10,13H2,1H3,(H2,25,26,28,32). The third kappa shape index (κ3) is 5.24. The molecular weight excluding hydrogens is 458 g/mol. The molecule has 0 aromatic heterocycles. The third-order valence-corrected chi connectivity index (χ3v) is 5.33. The minimum atomic E-state index is -0.873. The number of anilines is 1. The quantitative estimate of drug-likeness (QED) is 0.454. The van der Waals surface area contributed by atoms with Crippen molar-refractivity contribution in [2.45, 2.75) is 19.8 Å².